The zero-order valence-electron chi connectivity index (χ0n) is 11.4. The average molecular weight is 293 g/mol. The lowest BCUT2D eigenvalue weighted by Gasteiger charge is -2.00. The van der Waals surface area contributed by atoms with Crippen LogP contribution in [0.25, 0.3) is 23.0 Å². The summed E-state index contributed by atoms with van der Waals surface area (Å²) in [5.74, 6) is 0.701. The van der Waals surface area contributed by atoms with Crippen molar-refractivity contribution in [1.29, 1.82) is 0 Å². The second-order valence-electron chi connectivity index (χ2n) is 4.53. The van der Waals surface area contributed by atoms with E-state index < -0.39 is 0 Å². The molecule has 3 rings (SSSR count). The van der Waals surface area contributed by atoms with Gasteiger partial charge in [0.2, 0.25) is 0 Å². The summed E-state index contributed by atoms with van der Waals surface area (Å²) in [6, 6.07) is 14.0. The van der Waals surface area contributed by atoms with E-state index in [0.29, 0.717) is 5.75 Å². The van der Waals surface area contributed by atoms with Gasteiger partial charge in [0.25, 0.3) is 0 Å². The zero-order chi connectivity index (χ0) is 14.5. The minimum Gasteiger partial charge on any atom is -0.265 e. The summed E-state index contributed by atoms with van der Waals surface area (Å²) in [7, 11) is 0. The molecule has 2 aromatic heterocycles. The van der Waals surface area contributed by atoms with Crippen LogP contribution in [-0.4, -0.2) is 20.5 Å². The molecule has 3 nitrogen and oxygen atoms in total. The van der Waals surface area contributed by atoms with Crippen molar-refractivity contribution in [3.05, 3.63) is 72.7 Å². The summed E-state index contributed by atoms with van der Waals surface area (Å²) >= 11 is 4.23. The molecule has 2 heterocycles. The van der Waals surface area contributed by atoms with Crippen molar-refractivity contribution in [3.63, 3.8) is 0 Å². The lowest BCUT2D eigenvalue weighted by molar-refractivity contribution is 0.884. The first kappa shape index (κ1) is 13.6. The SMILES string of the molecule is SCC=Cc1cn(-c2ccccc2)nc1-c1ccncc1. The van der Waals surface area contributed by atoms with Gasteiger partial charge in [-0.1, -0.05) is 30.4 Å². The van der Waals surface area contributed by atoms with Crippen molar-refractivity contribution in [2.45, 2.75) is 0 Å². The number of thiol groups is 1. The number of nitrogens with zero attached hydrogens (tertiary/aromatic N) is 3. The number of aromatic nitrogens is 3. The number of pyridine rings is 1. The molecule has 0 radical (unpaired) electrons. The maximum Gasteiger partial charge on any atom is 0.100 e. The molecule has 0 unspecified atom stereocenters. The van der Waals surface area contributed by atoms with Gasteiger partial charge in [0.1, 0.15) is 5.69 Å². The normalized spacial score (nSPS) is 11.1. The Bertz CT molecular complexity index is 733. The van der Waals surface area contributed by atoms with Crippen molar-refractivity contribution in [2.24, 2.45) is 0 Å². The van der Waals surface area contributed by atoms with Gasteiger partial charge in [-0.25, -0.2) is 4.68 Å². The molecule has 0 amide bonds. The van der Waals surface area contributed by atoms with Crippen LogP contribution in [0.2, 0.25) is 0 Å². The van der Waals surface area contributed by atoms with Crippen molar-refractivity contribution in [1.82, 2.24) is 14.8 Å². The quantitative estimate of drug-likeness (QED) is 0.740. The molecule has 1 aromatic carbocycles. The van der Waals surface area contributed by atoms with Crippen LogP contribution in [0, 0.1) is 0 Å². The van der Waals surface area contributed by atoms with Crippen molar-refractivity contribution in [3.8, 4) is 16.9 Å². The van der Waals surface area contributed by atoms with Crippen LogP contribution in [0.4, 0.5) is 0 Å². The molecular formula is C17H15N3S. The Hall–Kier alpha value is -2.33. The summed E-state index contributed by atoms with van der Waals surface area (Å²) in [5.41, 5.74) is 4.11. The molecule has 0 saturated heterocycles. The summed E-state index contributed by atoms with van der Waals surface area (Å²) in [6.07, 6.45) is 9.66. The molecule has 0 aliphatic rings. The second-order valence-corrected chi connectivity index (χ2v) is 4.90. The average Bonchev–Trinajstić information content (AvgIpc) is 2.99. The van der Waals surface area contributed by atoms with Crippen LogP contribution in [0.1, 0.15) is 5.56 Å². The van der Waals surface area contributed by atoms with Gasteiger partial charge in [0, 0.05) is 35.5 Å². The van der Waals surface area contributed by atoms with Gasteiger partial charge in [-0.05, 0) is 24.3 Å². The van der Waals surface area contributed by atoms with Crippen molar-refractivity contribution >= 4 is 18.7 Å². The minimum absolute atomic E-state index is 0.701. The highest BCUT2D eigenvalue weighted by Crippen LogP contribution is 2.24. The molecule has 104 valence electrons. The van der Waals surface area contributed by atoms with Gasteiger partial charge in [-0.15, -0.1) is 0 Å². The zero-order valence-corrected chi connectivity index (χ0v) is 12.3. The molecule has 21 heavy (non-hydrogen) atoms. The Labute approximate surface area is 129 Å². The lowest BCUT2D eigenvalue weighted by Crippen LogP contribution is -1.93. The van der Waals surface area contributed by atoms with Gasteiger partial charge in [0.05, 0.1) is 5.69 Å². The first-order valence-electron chi connectivity index (χ1n) is 6.71. The van der Waals surface area contributed by atoms with Crippen LogP contribution >= 0.6 is 12.6 Å². The maximum absolute atomic E-state index is 4.72. The lowest BCUT2D eigenvalue weighted by atomic mass is 10.1. The first-order valence-corrected chi connectivity index (χ1v) is 7.34. The fraction of sp³-hybridized carbons (Fsp3) is 0.0588. The van der Waals surface area contributed by atoms with Crippen LogP contribution in [-0.2, 0) is 0 Å². The fourth-order valence-electron chi connectivity index (χ4n) is 2.14. The molecule has 0 bridgehead atoms. The van der Waals surface area contributed by atoms with Gasteiger partial charge in [0.15, 0.2) is 0 Å². The van der Waals surface area contributed by atoms with E-state index in [1.165, 1.54) is 0 Å². The van der Waals surface area contributed by atoms with Crippen LogP contribution in [0.3, 0.4) is 0 Å². The second kappa shape index (κ2) is 6.41. The number of hydrogen-bond donors (Lipinski definition) is 1. The standard InChI is InChI=1S/C17H15N3S/c21-12-4-5-15-13-20(16-6-2-1-3-7-16)19-17(15)14-8-10-18-11-9-14/h1-11,13,21H,12H2. The van der Waals surface area contributed by atoms with Gasteiger partial charge >= 0.3 is 0 Å². The number of benzene rings is 1. The Balaban J connectivity index is 2.10. The predicted octanol–water partition coefficient (Wildman–Crippen LogP) is 3.88. The molecule has 0 fully saturated rings. The minimum atomic E-state index is 0.701. The van der Waals surface area contributed by atoms with Crippen LogP contribution in [0.15, 0.2) is 67.1 Å². The largest absolute Gasteiger partial charge is 0.265 e. The van der Waals surface area contributed by atoms with Crippen LogP contribution < -0.4 is 0 Å². The highest BCUT2D eigenvalue weighted by Gasteiger charge is 2.09. The number of rotatable bonds is 4. The van der Waals surface area contributed by atoms with Gasteiger partial charge in [-0.2, -0.15) is 17.7 Å². The Morgan fingerprint density at radius 2 is 1.81 bits per heavy atom. The Morgan fingerprint density at radius 3 is 2.52 bits per heavy atom. The molecule has 0 aliphatic heterocycles. The highest BCUT2D eigenvalue weighted by molar-refractivity contribution is 7.80. The van der Waals surface area contributed by atoms with E-state index in [-0.39, 0.29) is 0 Å². The van der Waals surface area contributed by atoms with Crippen LogP contribution in [0.5, 0.6) is 0 Å². The Kier molecular flexibility index (Phi) is 4.17. The van der Waals surface area contributed by atoms with E-state index in [4.69, 9.17) is 5.10 Å². The maximum atomic E-state index is 4.72. The molecule has 0 aliphatic carbocycles. The summed E-state index contributed by atoms with van der Waals surface area (Å²) in [4.78, 5) is 4.06. The van der Waals surface area contributed by atoms with Gasteiger partial charge < -0.3 is 0 Å². The molecule has 4 heteroatoms. The molecule has 0 atom stereocenters. The van der Waals surface area contributed by atoms with E-state index in [1.807, 2.05) is 59.4 Å². The molecule has 0 saturated carbocycles. The first-order chi connectivity index (χ1) is 10.4. The molecule has 3 aromatic rings. The Morgan fingerprint density at radius 1 is 1.05 bits per heavy atom. The summed E-state index contributed by atoms with van der Waals surface area (Å²) in [5, 5.41) is 4.72. The predicted molar refractivity (Wildman–Crippen MR) is 89.7 cm³/mol. The molecule has 0 spiro atoms. The van der Waals surface area contributed by atoms with Gasteiger partial charge in [-0.3, -0.25) is 4.98 Å². The summed E-state index contributed by atoms with van der Waals surface area (Å²) in [6.45, 7) is 0. The smallest absolute Gasteiger partial charge is 0.100 e. The highest BCUT2D eigenvalue weighted by atomic mass is 32.1. The van der Waals surface area contributed by atoms with E-state index in [9.17, 15) is 0 Å². The van der Waals surface area contributed by atoms with E-state index in [1.54, 1.807) is 12.4 Å². The fourth-order valence-corrected chi connectivity index (χ4v) is 2.24. The van der Waals surface area contributed by atoms with E-state index in [0.717, 1.165) is 22.5 Å². The summed E-state index contributed by atoms with van der Waals surface area (Å²) < 4.78 is 1.90. The molecular weight excluding hydrogens is 278 g/mol. The topological polar surface area (TPSA) is 30.7 Å². The van der Waals surface area contributed by atoms with Crippen molar-refractivity contribution in [2.75, 3.05) is 5.75 Å². The third-order valence-electron chi connectivity index (χ3n) is 3.12. The third kappa shape index (κ3) is 3.06. The third-order valence-corrected chi connectivity index (χ3v) is 3.33. The van der Waals surface area contributed by atoms with E-state index >= 15 is 0 Å². The van der Waals surface area contributed by atoms with E-state index in [2.05, 4.69) is 23.7 Å². The monoisotopic (exact) mass is 293 g/mol. The number of hydrogen-bond acceptors (Lipinski definition) is 3. The van der Waals surface area contributed by atoms with Crippen molar-refractivity contribution < 1.29 is 0 Å². The molecule has 0 N–H and O–H groups in total. The number of para-hydroxylation sites is 1.